The lowest BCUT2D eigenvalue weighted by atomic mass is 9.86. The molecule has 148 valence electrons. The van der Waals surface area contributed by atoms with Gasteiger partial charge in [0.05, 0.1) is 5.56 Å². The van der Waals surface area contributed by atoms with Crippen LogP contribution in [0, 0.1) is 6.92 Å². The van der Waals surface area contributed by atoms with Crippen LogP contribution in [0.2, 0.25) is 5.02 Å². The van der Waals surface area contributed by atoms with Gasteiger partial charge in [0.25, 0.3) is 5.56 Å². The smallest absolute Gasteiger partial charge is 0.279 e. The molecule has 0 fully saturated rings. The van der Waals surface area contributed by atoms with E-state index >= 15 is 0 Å². The van der Waals surface area contributed by atoms with Gasteiger partial charge in [-0.1, -0.05) is 65.3 Å². The highest BCUT2D eigenvalue weighted by Gasteiger charge is 2.32. The first-order valence-corrected chi connectivity index (χ1v) is 10.6. The second-order valence-electron chi connectivity index (χ2n) is 7.15. The molecule has 1 N–H and O–H groups in total. The maximum atomic E-state index is 13.0. The Bertz CT molecular complexity index is 1140. The zero-order valence-electron chi connectivity index (χ0n) is 16.1. The molecule has 7 heteroatoms. The molecule has 0 bridgehead atoms. The molecule has 0 spiro atoms. The van der Waals surface area contributed by atoms with Gasteiger partial charge in [0.1, 0.15) is 5.82 Å². The molecule has 1 amide bonds. The first-order chi connectivity index (χ1) is 13.9. The summed E-state index contributed by atoms with van der Waals surface area (Å²) in [6.07, 6.45) is 0.241. The molecule has 2 heterocycles. The van der Waals surface area contributed by atoms with Crippen LogP contribution >= 0.6 is 23.4 Å². The number of rotatable bonds is 4. The minimum atomic E-state index is -0.292. The topological polar surface area (TPSA) is 64.0 Å². The number of aryl methyl sites for hydroxylation is 1. The molecule has 0 saturated carbocycles. The van der Waals surface area contributed by atoms with Crippen LogP contribution in [0.15, 0.2) is 58.5 Å². The van der Waals surface area contributed by atoms with E-state index in [9.17, 15) is 9.59 Å². The van der Waals surface area contributed by atoms with Crippen molar-refractivity contribution in [1.82, 2.24) is 9.55 Å². The summed E-state index contributed by atoms with van der Waals surface area (Å²) in [4.78, 5) is 29.7. The molecule has 2 aromatic carbocycles. The average molecular weight is 426 g/mol. The van der Waals surface area contributed by atoms with Gasteiger partial charge in [0.15, 0.2) is 5.16 Å². The number of amides is 1. The Hall–Kier alpha value is -2.57. The lowest BCUT2D eigenvalue weighted by Gasteiger charge is -2.27. The predicted molar refractivity (Wildman–Crippen MR) is 117 cm³/mol. The minimum Gasteiger partial charge on any atom is -0.312 e. The van der Waals surface area contributed by atoms with Crippen LogP contribution in [0.4, 0.5) is 5.82 Å². The number of nitrogens with one attached hydrogen (secondary N) is 1. The Morgan fingerprint density at radius 3 is 2.69 bits per heavy atom. The molecule has 5 nitrogen and oxygen atoms in total. The SMILES string of the molecule is Cc1cccc(C2CC(=O)Nc3c2c(=O)nc(SCc2ccc(Cl)cc2)n3C)c1. The molecule has 4 rings (SSSR count). The fourth-order valence-electron chi connectivity index (χ4n) is 3.56. The predicted octanol–water partition coefficient (Wildman–Crippen LogP) is 4.51. The van der Waals surface area contributed by atoms with Gasteiger partial charge in [-0.2, -0.15) is 4.98 Å². The van der Waals surface area contributed by atoms with Crippen molar-refractivity contribution < 1.29 is 4.79 Å². The van der Waals surface area contributed by atoms with E-state index in [1.54, 1.807) is 4.57 Å². The van der Waals surface area contributed by atoms with E-state index in [1.807, 2.05) is 62.5 Å². The standard InChI is InChI=1S/C22H20ClN3O2S/c1-13-4-3-5-15(10-13)17-11-18(27)24-20-19(17)21(28)25-22(26(20)2)29-12-14-6-8-16(23)9-7-14/h3-10,17H,11-12H2,1-2H3,(H,24,27). The van der Waals surface area contributed by atoms with E-state index in [-0.39, 0.29) is 23.8 Å². The third-order valence-corrected chi connectivity index (χ3v) is 6.38. The van der Waals surface area contributed by atoms with Crippen molar-refractivity contribution in [2.45, 2.75) is 30.2 Å². The fourth-order valence-corrected chi connectivity index (χ4v) is 4.61. The number of fused-ring (bicyclic) bond motifs is 1. The maximum absolute atomic E-state index is 13.0. The Labute approximate surface area is 178 Å². The number of thioether (sulfide) groups is 1. The van der Waals surface area contributed by atoms with Gasteiger partial charge in [-0.25, -0.2) is 0 Å². The maximum Gasteiger partial charge on any atom is 0.279 e. The molecular weight excluding hydrogens is 406 g/mol. The largest absolute Gasteiger partial charge is 0.312 e. The van der Waals surface area contributed by atoms with Crippen molar-refractivity contribution in [2.24, 2.45) is 7.05 Å². The zero-order chi connectivity index (χ0) is 20.5. The normalized spacial score (nSPS) is 15.7. The van der Waals surface area contributed by atoms with Gasteiger partial charge in [-0.15, -0.1) is 0 Å². The number of carbonyl (C=O) groups excluding carboxylic acids is 1. The summed E-state index contributed by atoms with van der Waals surface area (Å²) < 4.78 is 1.80. The van der Waals surface area contributed by atoms with Gasteiger partial charge in [0, 0.05) is 30.2 Å². The number of carbonyl (C=O) groups is 1. The molecule has 29 heavy (non-hydrogen) atoms. The Kier molecular flexibility index (Phi) is 5.48. The van der Waals surface area contributed by atoms with Gasteiger partial charge in [0.2, 0.25) is 5.91 Å². The molecular formula is C22H20ClN3O2S. The highest BCUT2D eigenvalue weighted by Crippen LogP contribution is 2.36. The minimum absolute atomic E-state index is 0.0983. The third-order valence-electron chi connectivity index (χ3n) is 5.03. The van der Waals surface area contributed by atoms with Crippen molar-refractivity contribution in [3.63, 3.8) is 0 Å². The van der Waals surface area contributed by atoms with Gasteiger partial charge < -0.3 is 9.88 Å². The number of anilines is 1. The van der Waals surface area contributed by atoms with Gasteiger partial charge in [-0.3, -0.25) is 9.59 Å². The van der Waals surface area contributed by atoms with E-state index in [4.69, 9.17) is 11.6 Å². The quantitative estimate of drug-likeness (QED) is 0.493. The lowest BCUT2D eigenvalue weighted by Crippen LogP contribution is -2.33. The van der Waals surface area contributed by atoms with Crippen LogP contribution < -0.4 is 10.9 Å². The molecule has 1 aliphatic rings. The number of halogens is 1. The highest BCUT2D eigenvalue weighted by atomic mass is 35.5. The molecule has 0 radical (unpaired) electrons. The van der Waals surface area contributed by atoms with Crippen molar-refractivity contribution >= 4 is 35.1 Å². The molecule has 0 saturated heterocycles. The summed E-state index contributed by atoms with van der Waals surface area (Å²) in [6.45, 7) is 2.00. The first-order valence-electron chi connectivity index (χ1n) is 9.27. The monoisotopic (exact) mass is 425 g/mol. The van der Waals surface area contributed by atoms with Crippen LogP contribution in [0.25, 0.3) is 0 Å². The van der Waals surface area contributed by atoms with Crippen LogP contribution in [0.1, 0.15) is 34.6 Å². The molecule has 1 aromatic heterocycles. The van der Waals surface area contributed by atoms with E-state index in [0.29, 0.717) is 27.3 Å². The Morgan fingerprint density at radius 2 is 1.97 bits per heavy atom. The number of hydrogen-bond acceptors (Lipinski definition) is 4. The van der Waals surface area contributed by atoms with E-state index < -0.39 is 0 Å². The molecule has 1 aliphatic heterocycles. The summed E-state index contributed by atoms with van der Waals surface area (Å²) >= 11 is 7.39. The Balaban J connectivity index is 1.71. The molecule has 1 atom stereocenters. The summed E-state index contributed by atoms with van der Waals surface area (Å²) in [5.41, 5.74) is 3.39. The van der Waals surface area contributed by atoms with E-state index in [0.717, 1.165) is 16.7 Å². The second-order valence-corrected chi connectivity index (χ2v) is 8.53. The fraction of sp³-hybridized carbons (Fsp3) is 0.227. The average Bonchev–Trinajstić information content (AvgIpc) is 2.70. The highest BCUT2D eigenvalue weighted by molar-refractivity contribution is 7.98. The van der Waals surface area contributed by atoms with Crippen molar-refractivity contribution in [3.05, 3.63) is 86.2 Å². The van der Waals surface area contributed by atoms with Gasteiger partial charge >= 0.3 is 0 Å². The van der Waals surface area contributed by atoms with E-state index in [1.165, 1.54) is 11.8 Å². The van der Waals surface area contributed by atoms with E-state index in [2.05, 4.69) is 10.3 Å². The lowest BCUT2D eigenvalue weighted by molar-refractivity contribution is -0.116. The summed E-state index contributed by atoms with van der Waals surface area (Å²) in [7, 11) is 1.83. The number of aromatic nitrogens is 2. The summed E-state index contributed by atoms with van der Waals surface area (Å²) in [5.74, 6) is 0.788. The summed E-state index contributed by atoms with van der Waals surface area (Å²) in [6, 6.07) is 15.5. The first kappa shape index (κ1) is 19.7. The second kappa shape index (κ2) is 8.05. The zero-order valence-corrected chi connectivity index (χ0v) is 17.7. The van der Waals surface area contributed by atoms with Crippen LogP contribution in [-0.4, -0.2) is 15.5 Å². The number of hydrogen-bond donors (Lipinski definition) is 1. The summed E-state index contributed by atoms with van der Waals surface area (Å²) in [5, 5.41) is 4.13. The number of benzene rings is 2. The van der Waals surface area contributed by atoms with Gasteiger partial charge in [-0.05, 0) is 30.2 Å². The van der Waals surface area contributed by atoms with Crippen molar-refractivity contribution in [3.8, 4) is 0 Å². The van der Waals surface area contributed by atoms with Crippen LogP contribution in [0.3, 0.4) is 0 Å². The Morgan fingerprint density at radius 1 is 1.21 bits per heavy atom. The van der Waals surface area contributed by atoms with Crippen LogP contribution in [-0.2, 0) is 17.6 Å². The molecule has 3 aromatic rings. The van der Waals surface area contributed by atoms with Crippen LogP contribution in [0.5, 0.6) is 0 Å². The third kappa shape index (κ3) is 4.09. The van der Waals surface area contributed by atoms with Crippen molar-refractivity contribution in [2.75, 3.05) is 5.32 Å². The molecule has 0 aliphatic carbocycles. The van der Waals surface area contributed by atoms with Crippen molar-refractivity contribution in [1.29, 1.82) is 0 Å². The molecule has 1 unspecified atom stereocenters. The number of nitrogens with zero attached hydrogens (tertiary/aromatic N) is 2.